The van der Waals surface area contributed by atoms with E-state index in [-0.39, 0.29) is 5.56 Å². The van der Waals surface area contributed by atoms with E-state index in [2.05, 4.69) is 10.6 Å². The van der Waals surface area contributed by atoms with Crippen LogP contribution in [0.3, 0.4) is 0 Å². The summed E-state index contributed by atoms with van der Waals surface area (Å²) in [6, 6.07) is 1.70. The Bertz CT molecular complexity index is 704. The lowest BCUT2D eigenvalue weighted by molar-refractivity contribution is -0.135. The van der Waals surface area contributed by atoms with E-state index in [0.717, 1.165) is 17.0 Å². The molecule has 2 N–H and O–H groups in total. The van der Waals surface area contributed by atoms with Crippen LogP contribution in [0.4, 0.5) is 13.6 Å². The maximum atomic E-state index is 13.8. The van der Waals surface area contributed by atoms with Gasteiger partial charge in [0.25, 0.3) is 5.91 Å². The maximum Gasteiger partial charge on any atom is 0.325 e. The van der Waals surface area contributed by atoms with Crippen molar-refractivity contribution in [3.63, 3.8) is 0 Å². The third-order valence-electron chi connectivity index (χ3n) is 4.56. The molecule has 1 aromatic carbocycles. The van der Waals surface area contributed by atoms with Crippen LogP contribution in [0.15, 0.2) is 18.2 Å². The average molecular weight is 353 g/mol. The van der Waals surface area contributed by atoms with Crippen LogP contribution in [-0.2, 0) is 9.59 Å². The highest BCUT2D eigenvalue weighted by atomic mass is 19.1. The second kappa shape index (κ2) is 7.16. The minimum atomic E-state index is -0.980. The molecule has 4 amide bonds. The normalized spacial score (nSPS) is 17.4. The summed E-state index contributed by atoms with van der Waals surface area (Å²) in [5, 5.41) is 5.14. The number of carbonyl (C=O) groups is 3. The molecule has 0 saturated carbocycles. The minimum Gasteiger partial charge on any atom is -0.348 e. The van der Waals surface area contributed by atoms with Crippen molar-refractivity contribution in [3.8, 4) is 0 Å². The highest BCUT2D eigenvalue weighted by Gasteiger charge is 2.49. The summed E-state index contributed by atoms with van der Waals surface area (Å²) in [4.78, 5) is 37.5. The van der Waals surface area contributed by atoms with Gasteiger partial charge in [-0.3, -0.25) is 14.5 Å². The molecule has 0 aliphatic carbocycles. The summed E-state index contributed by atoms with van der Waals surface area (Å²) in [5.41, 5.74) is -0.866. The SMILES string of the molecule is CCC1(CC)NC(=O)N(CC(=O)N[C@H](C)c2ccc(F)cc2F)C1=O. The summed E-state index contributed by atoms with van der Waals surface area (Å²) >= 11 is 0. The number of nitrogens with zero attached hydrogens (tertiary/aromatic N) is 1. The van der Waals surface area contributed by atoms with Gasteiger partial charge in [0.05, 0.1) is 6.04 Å². The fourth-order valence-corrected chi connectivity index (χ4v) is 2.91. The number of benzene rings is 1. The highest BCUT2D eigenvalue weighted by molar-refractivity contribution is 6.09. The first-order valence-electron chi connectivity index (χ1n) is 8.12. The minimum absolute atomic E-state index is 0.114. The molecule has 1 fully saturated rings. The first-order valence-corrected chi connectivity index (χ1v) is 8.12. The van der Waals surface area contributed by atoms with Crippen molar-refractivity contribution < 1.29 is 23.2 Å². The van der Waals surface area contributed by atoms with Crippen molar-refractivity contribution in [2.75, 3.05) is 6.54 Å². The van der Waals surface area contributed by atoms with Gasteiger partial charge in [0.1, 0.15) is 23.7 Å². The van der Waals surface area contributed by atoms with Crippen LogP contribution < -0.4 is 10.6 Å². The van der Waals surface area contributed by atoms with Gasteiger partial charge in [0, 0.05) is 11.6 Å². The molecule has 2 rings (SSSR count). The first kappa shape index (κ1) is 18.8. The van der Waals surface area contributed by atoms with E-state index in [1.165, 1.54) is 13.0 Å². The molecular formula is C17H21F2N3O3. The Morgan fingerprint density at radius 1 is 1.28 bits per heavy atom. The van der Waals surface area contributed by atoms with Crippen molar-refractivity contribution in [2.45, 2.75) is 45.2 Å². The fourth-order valence-electron chi connectivity index (χ4n) is 2.91. The zero-order valence-corrected chi connectivity index (χ0v) is 14.4. The molecule has 0 bridgehead atoms. The van der Waals surface area contributed by atoms with Crippen LogP contribution in [-0.4, -0.2) is 34.8 Å². The molecule has 8 heteroatoms. The Morgan fingerprint density at radius 2 is 1.92 bits per heavy atom. The molecule has 0 aromatic heterocycles. The summed E-state index contributed by atoms with van der Waals surface area (Å²) in [7, 11) is 0. The van der Waals surface area contributed by atoms with Crippen LogP contribution >= 0.6 is 0 Å². The van der Waals surface area contributed by atoms with Crippen molar-refractivity contribution in [1.82, 2.24) is 15.5 Å². The van der Waals surface area contributed by atoms with Gasteiger partial charge in [-0.15, -0.1) is 0 Å². The second-order valence-electron chi connectivity index (χ2n) is 6.07. The molecule has 1 aliphatic rings. The lowest BCUT2D eigenvalue weighted by Gasteiger charge is -2.23. The third kappa shape index (κ3) is 3.62. The molecule has 1 aromatic rings. The van der Waals surface area contributed by atoms with Gasteiger partial charge in [-0.25, -0.2) is 13.6 Å². The van der Waals surface area contributed by atoms with Crippen molar-refractivity contribution >= 4 is 17.8 Å². The van der Waals surface area contributed by atoms with Gasteiger partial charge < -0.3 is 10.6 Å². The van der Waals surface area contributed by atoms with Crippen molar-refractivity contribution in [1.29, 1.82) is 0 Å². The average Bonchev–Trinajstić information content (AvgIpc) is 2.79. The van der Waals surface area contributed by atoms with Crippen molar-refractivity contribution in [3.05, 3.63) is 35.4 Å². The molecule has 0 radical (unpaired) electrons. The number of hydrogen-bond donors (Lipinski definition) is 2. The number of amides is 4. The highest BCUT2D eigenvalue weighted by Crippen LogP contribution is 2.25. The van der Waals surface area contributed by atoms with Crippen LogP contribution in [0, 0.1) is 11.6 Å². The third-order valence-corrected chi connectivity index (χ3v) is 4.56. The summed E-state index contributed by atoms with van der Waals surface area (Å²) in [6.07, 6.45) is 0.840. The summed E-state index contributed by atoms with van der Waals surface area (Å²) in [5.74, 6) is -2.55. The molecule has 0 unspecified atom stereocenters. The first-order chi connectivity index (χ1) is 11.7. The van der Waals surface area contributed by atoms with Crippen LogP contribution in [0.1, 0.15) is 45.2 Å². The Kier molecular flexibility index (Phi) is 5.39. The standard InChI is InChI=1S/C17H21F2N3O3/c1-4-17(5-2)15(24)22(16(25)21-17)9-14(23)20-10(3)12-7-6-11(18)8-13(12)19/h6-8,10H,4-5,9H2,1-3H3,(H,20,23)(H,21,25)/t10-/m1/s1. The molecule has 1 heterocycles. The summed E-state index contributed by atoms with van der Waals surface area (Å²) < 4.78 is 26.7. The fraction of sp³-hybridized carbons (Fsp3) is 0.471. The Balaban J connectivity index is 2.05. The lowest BCUT2D eigenvalue weighted by Crippen LogP contribution is -2.46. The van der Waals surface area contributed by atoms with E-state index >= 15 is 0 Å². The monoisotopic (exact) mass is 353 g/mol. The van der Waals surface area contributed by atoms with Gasteiger partial charge >= 0.3 is 6.03 Å². The van der Waals surface area contributed by atoms with E-state index in [9.17, 15) is 23.2 Å². The predicted molar refractivity (Wildman–Crippen MR) is 86.5 cm³/mol. The lowest BCUT2D eigenvalue weighted by atomic mass is 9.93. The number of urea groups is 1. The summed E-state index contributed by atoms with van der Waals surface area (Å²) in [6.45, 7) is 4.64. The number of carbonyl (C=O) groups excluding carboxylic acids is 3. The van der Waals surface area contributed by atoms with Crippen molar-refractivity contribution in [2.24, 2.45) is 0 Å². The maximum absolute atomic E-state index is 13.8. The molecule has 1 atom stereocenters. The Labute approximate surface area is 144 Å². The largest absolute Gasteiger partial charge is 0.348 e. The van der Waals surface area contributed by atoms with Gasteiger partial charge in [0.2, 0.25) is 5.91 Å². The molecule has 0 spiro atoms. The Morgan fingerprint density at radius 3 is 2.44 bits per heavy atom. The van der Waals surface area contributed by atoms with E-state index in [0.29, 0.717) is 12.8 Å². The molecule has 25 heavy (non-hydrogen) atoms. The number of hydrogen-bond acceptors (Lipinski definition) is 3. The second-order valence-corrected chi connectivity index (χ2v) is 6.07. The van der Waals surface area contributed by atoms with Crippen LogP contribution in [0.5, 0.6) is 0 Å². The number of rotatable bonds is 6. The number of imide groups is 1. The molecule has 136 valence electrons. The topological polar surface area (TPSA) is 78.5 Å². The van der Waals surface area contributed by atoms with Crippen LogP contribution in [0.25, 0.3) is 0 Å². The zero-order chi connectivity index (χ0) is 18.8. The Hall–Kier alpha value is -2.51. The molecule has 6 nitrogen and oxygen atoms in total. The number of nitrogens with one attached hydrogen (secondary N) is 2. The predicted octanol–water partition coefficient (Wildman–Crippen LogP) is 2.25. The quantitative estimate of drug-likeness (QED) is 0.770. The van der Waals surface area contributed by atoms with E-state index < -0.39 is 47.6 Å². The molecule has 1 aliphatic heterocycles. The van der Waals surface area contributed by atoms with Gasteiger partial charge in [0.15, 0.2) is 0 Å². The van der Waals surface area contributed by atoms with E-state index in [4.69, 9.17) is 0 Å². The molecular weight excluding hydrogens is 332 g/mol. The van der Waals surface area contributed by atoms with E-state index in [1.807, 2.05) is 0 Å². The smallest absolute Gasteiger partial charge is 0.325 e. The van der Waals surface area contributed by atoms with Crippen LogP contribution in [0.2, 0.25) is 0 Å². The molecule has 1 saturated heterocycles. The van der Waals surface area contributed by atoms with Gasteiger partial charge in [-0.2, -0.15) is 0 Å². The van der Waals surface area contributed by atoms with E-state index in [1.54, 1.807) is 13.8 Å². The van der Waals surface area contributed by atoms with Gasteiger partial charge in [-0.1, -0.05) is 19.9 Å². The number of halogens is 2. The van der Waals surface area contributed by atoms with Gasteiger partial charge in [-0.05, 0) is 25.8 Å². The zero-order valence-electron chi connectivity index (χ0n) is 14.4.